The summed E-state index contributed by atoms with van der Waals surface area (Å²) >= 11 is 11.9. The molecule has 0 aliphatic heterocycles. The number of anilines is 1. The van der Waals surface area contributed by atoms with Gasteiger partial charge in [0.15, 0.2) is 0 Å². The standard InChI is InChI=1S/C10H10Cl2N4/c11-9-7(3-1-2-6-15-16-14)4-5-8(13)10(9)12/h1,3-5H,2,6,13H2. The number of nitrogen functional groups attached to an aromatic ring is 1. The normalized spacial score (nSPS) is 10.4. The molecule has 84 valence electrons. The third kappa shape index (κ3) is 3.35. The van der Waals surface area contributed by atoms with E-state index in [1.54, 1.807) is 12.1 Å². The lowest BCUT2D eigenvalue weighted by molar-refractivity contribution is 0.996. The Bertz CT molecular complexity index is 450. The smallest absolute Gasteiger partial charge is 0.0827 e. The highest BCUT2D eigenvalue weighted by molar-refractivity contribution is 6.44. The van der Waals surface area contributed by atoms with Crippen molar-refractivity contribution in [3.05, 3.63) is 44.3 Å². The van der Waals surface area contributed by atoms with Crippen LogP contribution in [0.1, 0.15) is 12.0 Å². The Morgan fingerprint density at radius 3 is 2.81 bits per heavy atom. The molecule has 0 fully saturated rings. The minimum Gasteiger partial charge on any atom is -0.397 e. The van der Waals surface area contributed by atoms with Crippen LogP contribution in [0.3, 0.4) is 0 Å². The zero-order valence-electron chi connectivity index (χ0n) is 8.40. The maximum atomic E-state index is 8.08. The van der Waals surface area contributed by atoms with Gasteiger partial charge >= 0.3 is 0 Å². The van der Waals surface area contributed by atoms with Crippen molar-refractivity contribution in [3.8, 4) is 0 Å². The van der Waals surface area contributed by atoms with Gasteiger partial charge in [0.2, 0.25) is 0 Å². The Balaban J connectivity index is 2.74. The number of hydrogen-bond donors (Lipinski definition) is 1. The lowest BCUT2D eigenvalue weighted by Gasteiger charge is -2.03. The van der Waals surface area contributed by atoms with E-state index in [4.69, 9.17) is 34.5 Å². The van der Waals surface area contributed by atoms with Crippen LogP contribution in [-0.4, -0.2) is 6.54 Å². The zero-order valence-corrected chi connectivity index (χ0v) is 9.91. The molecule has 1 rings (SSSR count). The van der Waals surface area contributed by atoms with Crippen molar-refractivity contribution < 1.29 is 0 Å². The van der Waals surface area contributed by atoms with E-state index in [1.807, 2.05) is 12.2 Å². The van der Waals surface area contributed by atoms with Gasteiger partial charge in [-0.25, -0.2) is 0 Å². The number of benzene rings is 1. The van der Waals surface area contributed by atoms with E-state index in [2.05, 4.69) is 10.0 Å². The molecule has 0 amide bonds. The summed E-state index contributed by atoms with van der Waals surface area (Å²) in [4.78, 5) is 2.65. The molecule has 0 saturated heterocycles. The Hall–Kier alpha value is -1.35. The van der Waals surface area contributed by atoms with Crippen molar-refractivity contribution in [2.24, 2.45) is 5.11 Å². The lowest BCUT2D eigenvalue weighted by atomic mass is 10.2. The molecule has 1 aromatic rings. The molecule has 1 aromatic carbocycles. The van der Waals surface area contributed by atoms with Gasteiger partial charge in [-0.3, -0.25) is 0 Å². The van der Waals surface area contributed by atoms with Crippen LogP contribution in [0.15, 0.2) is 23.3 Å². The van der Waals surface area contributed by atoms with Gasteiger partial charge in [-0.2, -0.15) is 0 Å². The first-order valence-corrected chi connectivity index (χ1v) is 5.33. The van der Waals surface area contributed by atoms with Crippen molar-refractivity contribution in [2.45, 2.75) is 6.42 Å². The van der Waals surface area contributed by atoms with Gasteiger partial charge < -0.3 is 5.73 Å². The van der Waals surface area contributed by atoms with Crippen LogP contribution in [0.5, 0.6) is 0 Å². The lowest BCUT2D eigenvalue weighted by Crippen LogP contribution is -1.88. The first-order valence-electron chi connectivity index (χ1n) is 4.57. The quantitative estimate of drug-likeness (QED) is 0.282. The van der Waals surface area contributed by atoms with E-state index in [9.17, 15) is 0 Å². The van der Waals surface area contributed by atoms with Crippen molar-refractivity contribution >= 4 is 35.0 Å². The summed E-state index contributed by atoms with van der Waals surface area (Å²) in [5, 5.41) is 4.20. The average molecular weight is 257 g/mol. The highest BCUT2D eigenvalue weighted by Crippen LogP contribution is 2.31. The van der Waals surface area contributed by atoms with Gasteiger partial charge in [0, 0.05) is 11.5 Å². The zero-order chi connectivity index (χ0) is 12.0. The van der Waals surface area contributed by atoms with Gasteiger partial charge in [-0.15, -0.1) is 0 Å². The summed E-state index contributed by atoms with van der Waals surface area (Å²) in [5.41, 5.74) is 14.9. The van der Waals surface area contributed by atoms with Crippen molar-refractivity contribution in [2.75, 3.05) is 12.3 Å². The van der Waals surface area contributed by atoms with Gasteiger partial charge in [-0.05, 0) is 23.6 Å². The number of hydrogen-bond acceptors (Lipinski definition) is 2. The average Bonchev–Trinajstić information content (AvgIpc) is 2.28. The minimum absolute atomic E-state index is 0.360. The topological polar surface area (TPSA) is 74.8 Å². The highest BCUT2D eigenvalue weighted by Gasteiger charge is 2.04. The molecule has 0 saturated carbocycles. The molecule has 0 heterocycles. The van der Waals surface area contributed by atoms with Crippen LogP contribution in [0.2, 0.25) is 10.0 Å². The summed E-state index contributed by atoms with van der Waals surface area (Å²) in [6, 6.07) is 3.48. The summed E-state index contributed by atoms with van der Waals surface area (Å²) in [6.07, 6.45) is 4.34. The predicted molar refractivity (Wildman–Crippen MR) is 68.5 cm³/mol. The fourth-order valence-electron chi connectivity index (χ4n) is 1.10. The molecule has 0 atom stereocenters. The number of azide groups is 1. The van der Waals surface area contributed by atoms with Crippen molar-refractivity contribution in [3.63, 3.8) is 0 Å². The Morgan fingerprint density at radius 1 is 1.38 bits per heavy atom. The van der Waals surface area contributed by atoms with Crippen molar-refractivity contribution in [1.29, 1.82) is 0 Å². The second kappa shape index (κ2) is 6.28. The number of rotatable bonds is 4. The summed E-state index contributed by atoms with van der Waals surface area (Å²) in [6.45, 7) is 0.424. The molecule has 0 aliphatic rings. The van der Waals surface area contributed by atoms with Gasteiger partial charge in [0.25, 0.3) is 0 Å². The van der Waals surface area contributed by atoms with Crippen LogP contribution in [0.25, 0.3) is 16.5 Å². The fraction of sp³-hybridized carbons (Fsp3) is 0.200. The van der Waals surface area contributed by atoms with Crippen LogP contribution >= 0.6 is 23.2 Å². The molecule has 0 spiro atoms. The van der Waals surface area contributed by atoms with Gasteiger partial charge in [0.05, 0.1) is 15.7 Å². The third-order valence-corrected chi connectivity index (χ3v) is 2.81. The van der Waals surface area contributed by atoms with Crippen LogP contribution in [0, 0.1) is 0 Å². The number of halogens is 2. The van der Waals surface area contributed by atoms with E-state index in [-0.39, 0.29) is 0 Å². The van der Waals surface area contributed by atoms with E-state index in [0.29, 0.717) is 28.7 Å². The Kier molecular flexibility index (Phi) is 4.99. The van der Waals surface area contributed by atoms with E-state index >= 15 is 0 Å². The SMILES string of the molecule is [N-]=[N+]=NCCC=Cc1ccc(N)c(Cl)c1Cl. The second-order valence-electron chi connectivity index (χ2n) is 3.02. The molecule has 16 heavy (non-hydrogen) atoms. The fourth-order valence-corrected chi connectivity index (χ4v) is 1.50. The predicted octanol–water partition coefficient (Wildman–Crippen LogP) is 4.29. The van der Waals surface area contributed by atoms with Crippen LogP contribution < -0.4 is 5.73 Å². The summed E-state index contributed by atoms with van der Waals surface area (Å²) in [7, 11) is 0. The minimum atomic E-state index is 0.360. The summed E-state index contributed by atoms with van der Waals surface area (Å²) in [5.74, 6) is 0. The maximum absolute atomic E-state index is 8.08. The molecular formula is C10H10Cl2N4. The maximum Gasteiger partial charge on any atom is 0.0827 e. The van der Waals surface area contributed by atoms with E-state index in [1.165, 1.54) is 0 Å². The molecule has 4 nitrogen and oxygen atoms in total. The molecule has 0 aliphatic carbocycles. The number of nitrogens with two attached hydrogens (primary N) is 1. The van der Waals surface area contributed by atoms with Gasteiger partial charge in [0.1, 0.15) is 0 Å². The second-order valence-corrected chi connectivity index (χ2v) is 3.77. The Morgan fingerprint density at radius 2 is 2.12 bits per heavy atom. The molecule has 2 N–H and O–H groups in total. The largest absolute Gasteiger partial charge is 0.397 e. The molecule has 0 radical (unpaired) electrons. The van der Waals surface area contributed by atoms with E-state index in [0.717, 1.165) is 5.56 Å². The first-order chi connectivity index (χ1) is 7.66. The first kappa shape index (κ1) is 12.7. The molecule has 0 aromatic heterocycles. The van der Waals surface area contributed by atoms with Crippen LogP contribution in [-0.2, 0) is 0 Å². The van der Waals surface area contributed by atoms with Gasteiger partial charge in [-0.1, -0.05) is 46.5 Å². The monoisotopic (exact) mass is 256 g/mol. The third-order valence-electron chi connectivity index (χ3n) is 1.90. The molecule has 0 bridgehead atoms. The van der Waals surface area contributed by atoms with E-state index < -0.39 is 0 Å². The highest BCUT2D eigenvalue weighted by atomic mass is 35.5. The molecular weight excluding hydrogens is 247 g/mol. The molecule has 6 heteroatoms. The van der Waals surface area contributed by atoms with Crippen molar-refractivity contribution in [1.82, 2.24) is 0 Å². The Labute approximate surface area is 103 Å². The molecule has 0 unspecified atom stereocenters. The number of nitrogens with zero attached hydrogens (tertiary/aromatic N) is 3. The van der Waals surface area contributed by atoms with Crippen LogP contribution in [0.4, 0.5) is 5.69 Å². The summed E-state index contributed by atoms with van der Waals surface area (Å²) < 4.78 is 0.